The van der Waals surface area contributed by atoms with Crippen molar-refractivity contribution in [1.29, 1.82) is 0 Å². The molecule has 1 fully saturated rings. The SMILES string of the molecule is CN(C(=O)N1CCN(S(=O)(=O)c2ccc3cc(Cl)ccc3c2)CC1)c1cc2c(s1)CCNC2.Cl. The summed E-state index contributed by atoms with van der Waals surface area (Å²) in [5, 5.41) is 6.62. The molecule has 1 saturated heterocycles. The minimum Gasteiger partial charge on any atom is -0.322 e. The van der Waals surface area contributed by atoms with E-state index in [-0.39, 0.29) is 36.4 Å². The van der Waals surface area contributed by atoms with Crippen LogP contribution in [0.5, 0.6) is 0 Å². The van der Waals surface area contributed by atoms with Gasteiger partial charge >= 0.3 is 6.03 Å². The number of piperazine rings is 1. The predicted octanol–water partition coefficient (Wildman–Crippen LogP) is 4.18. The highest BCUT2D eigenvalue weighted by molar-refractivity contribution is 7.89. The molecule has 3 aromatic rings. The smallest absolute Gasteiger partial charge is 0.322 e. The zero-order valence-electron chi connectivity index (χ0n) is 18.7. The molecule has 7 nitrogen and oxygen atoms in total. The molecule has 0 saturated carbocycles. The third-order valence-electron chi connectivity index (χ3n) is 6.27. The summed E-state index contributed by atoms with van der Waals surface area (Å²) in [5.41, 5.74) is 1.26. The number of nitrogens with zero attached hydrogens (tertiary/aromatic N) is 3. The Morgan fingerprint density at radius 3 is 2.50 bits per heavy atom. The first-order valence-corrected chi connectivity index (χ1v) is 13.5. The number of carbonyl (C=O) groups excluding carboxylic acids is 1. The van der Waals surface area contributed by atoms with Gasteiger partial charge in [0.15, 0.2) is 0 Å². The van der Waals surface area contributed by atoms with Crippen molar-refractivity contribution in [2.24, 2.45) is 0 Å². The van der Waals surface area contributed by atoms with Crippen LogP contribution in [0.25, 0.3) is 10.8 Å². The molecule has 0 atom stereocenters. The third-order valence-corrected chi connectivity index (χ3v) is 9.71. The maximum Gasteiger partial charge on any atom is 0.324 e. The van der Waals surface area contributed by atoms with Gasteiger partial charge in [0.05, 0.1) is 9.90 Å². The molecule has 0 radical (unpaired) electrons. The van der Waals surface area contributed by atoms with Crippen molar-refractivity contribution >= 4 is 67.2 Å². The number of urea groups is 1. The van der Waals surface area contributed by atoms with E-state index in [0.717, 1.165) is 35.3 Å². The number of hydrogen-bond acceptors (Lipinski definition) is 5. The van der Waals surface area contributed by atoms with E-state index in [1.165, 1.54) is 14.7 Å². The number of fused-ring (bicyclic) bond motifs is 2. The molecular weight excluding hydrogens is 515 g/mol. The van der Waals surface area contributed by atoms with Crippen molar-refractivity contribution in [2.75, 3.05) is 44.7 Å². The number of anilines is 1. The summed E-state index contributed by atoms with van der Waals surface area (Å²) in [6.07, 6.45) is 0.986. The topological polar surface area (TPSA) is 73.0 Å². The first-order chi connectivity index (χ1) is 15.8. The molecule has 34 heavy (non-hydrogen) atoms. The Balaban J connectivity index is 0.00000274. The van der Waals surface area contributed by atoms with Gasteiger partial charge in [-0.2, -0.15) is 4.31 Å². The molecule has 2 aliphatic rings. The quantitative estimate of drug-likeness (QED) is 0.540. The van der Waals surface area contributed by atoms with Crippen LogP contribution in [0.15, 0.2) is 47.4 Å². The molecule has 11 heteroatoms. The second-order valence-corrected chi connectivity index (χ2v) is 11.8. The Morgan fingerprint density at radius 2 is 1.76 bits per heavy atom. The first kappa shape index (κ1) is 25.2. The van der Waals surface area contributed by atoms with Gasteiger partial charge in [0.1, 0.15) is 0 Å². The van der Waals surface area contributed by atoms with Crippen LogP contribution in [0.4, 0.5) is 9.80 Å². The minimum atomic E-state index is -3.64. The Morgan fingerprint density at radius 1 is 1.06 bits per heavy atom. The van der Waals surface area contributed by atoms with Gasteiger partial charge < -0.3 is 10.2 Å². The maximum atomic E-state index is 13.2. The molecule has 0 aliphatic carbocycles. The van der Waals surface area contributed by atoms with Crippen molar-refractivity contribution in [2.45, 2.75) is 17.9 Å². The summed E-state index contributed by atoms with van der Waals surface area (Å²) in [4.78, 5) is 18.1. The summed E-state index contributed by atoms with van der Waals surface area (Å²) in [5.74, 6) is 0. The van der Waals surface area contributed by atoms with Crippen LogP contribution in [-0.4, -0.2) is 63.4 Å². The predicted molar refractivity (Wildman–Crippen MR) is 140 cm³/mol. The van der Waals surface area contributed by atoms with Gasteiger partial charge in [-0.05, 0) is 53.1 Å². The molecule has 0 unspecified atom stereocenters. The lowest BCUT2D eigenvalue weighted by molar-refractivity contribution is 0.179. The van der Waals surface area contributed by atoms with Gasteiger partial charge in [0.2, 0.25) is 10.0 Å². The molecule has 1 aromatic heterocycles. The number of benzene rings is 2. The molecule has 182 valence electrons. The van der Waals surface area contributed by atoms with E-state index < -0.39 is 10.0 Å². The van der Waals surface area contributed by atoms with Crippen molar-refractivity contribution in [3.05, 3.63) is 57.9 Å². The van der Waals surface area contributed by atoms with E-state index >= 15 is 0 Å². The molecule has 0 bridgehead atoms. The highest BCUT2D eigenvalue weighted by atomic mass is 35.5. The Kier molecular flexibility index (Phi) is 7.42. The Labute approximate surface area is 214 Å². The molecular formula is C23H26Cl2N4O3S2. The zero-order valence-corrected chi connectivity index (χ0v) is 21.9. The van der Waals surface area contributed by atoms with Crippen LogP contribution in [-0.2, 0) is 23.0 Å². The largest absolute Gasteiger partial charge is 0.324 e. The van der Waals surface area contributed by atoms with Crippen LogP contribution in [0.3, 0.4) is 0 Å². The number of sulfonamides is 1. The number of rotatable bonds is 3. The van der Waals surface area contributed by atoms with Crippen LogP contribution in [0.1, 0.15) is 10.4 Å². The average Bonchev–Trinajstić information content (AvgIpc) is 3.27. The van der Waals surface area contributed by atoms with Gasteiger partial charge in [-0.15, -0.1) is 23.7 Å². The van der Waals surface area contributed by atoms with E-state index in [9.17, 15) is 13.2 Å². The highest BCUT2D eigenvalue weighted by Gasteiger charge is 2.32. The second-order valence-electron chi connectivity index (χ2n) is 8.35. The second kappa shape index (κ2) is 10.0. The minimum absolute atomic E-state index is 0. The molecule has 2 amide bonds. The van der Waals surface area contributed by atoms with Gasteiger partial charge in [-0.3, -0.25) is 4.90 Å². The Hall–Kier alpha value is -1.88. The average molecular weight is 542 g/mol. The van der Waals surface area contributed by atoms with Crippen LogP contribution < -0.4 is 10.2 Å². The normalized spacial score (nSPS) is 16.7. The molecule has 3 heterocycles. The summed E-state index contributed by atoms with van der Waals surface area (Å²) < 4.78 is 27.9. The first-order valence-electron chi connectivity index (χ1n) is 10.9. The monoisotopic (exact) mass is 540 g/mol. The summed E-state index contributed by atoms with van der Waals surface area (Å²) in [6, 6.07) is 12.4. The lowest BCUT2D eigenvalue weighted by atomic mass is 10.1. The number of thiophene rings is 1. The van der Waals surface area contributed by atoms with Crippen LogP contribution in [0.2, 0.25) is 5.02 Å². The fraction of sp³-hybridized carbons (Fsp3) is 0.348. The number of amides is 2. The number of nitrogens with one attached hydrogen (secondary N) is 1. The van der Waals surface area contributed by atoms with Crippen molar-refractivity contribution in [3.63, 3.8) is 0 Å². The van der Waals surface area contributed by atoms with Gasteiger partial charge in [-0.1, -0.05) is 23.7 Å². The lowest BCUT2D eigenvalue weighted by Crippen LogP contribution is -2.53. The number of halogens is 2. The van der Waals surface area contributed by atoms with Crippen molar-refractivity contribution in [1.82, 2.24) is 14.5 Å². The fourth-order valence-corrected chi connectivity index (χ4v) is 7.11. The van der Waals surface area contributed by atoms with E-state index in [1.54, 1.807) is 52.4 Å². The molecule has 1 N–H and O–H groups in total. The van der Waals surface area contributed by atoms with E-state index in [2.05, 4.69) is 11.4 Å². The zero-order chi connectivity index (χ0) is 23.2. The standard InChI is InChI=1S/C23H25ClN4O3S2.ClH/c1-26(22-14-18-15-25-7-6-21(18)32-22)23(29)27-8-10-28(11-9-27)33(30,31)20-5-3-16-12-19(24)4-2-17(16)13-20;/h2-5,12-14,25H,6-11,15H2,1H3;1H. The number of carbonyl (C=O) groups is 1. The van der Waals surface area contributed by atoms with Crippen molar-refractivity contribution in [3.8, 4) is 0 Å². The van der Waals surface area contributed by atoms with Crippen LogP contribution in [0, 0.1) is 0 Å². The maximum absolute atomic E-state index is 13.2. The van der Waals surface area contributed by atoms with Gasteiger partial charge in [0, 0.05) is 56.2 Å². The molecule has 2 aliphatic heterocycles. The lowest BCUT2D eigenvalue weighted by Gasteiger charge is -2.35. The molecule has 5 rings (SSSR count). The highest BCUT2D eigenvalue weighted by Crippen LogP contribution is 2.32. The summed E-state index contributed by atoms with van der Waals surface area (Å²) in [7, 11) is -1.85. The Bertz CT molecular complexity index is 1300. The van der Waals surface area contributed by atoms with Gasteiger partial charge in [0.25, 0.3) is 0 Å². The van der Waals surface area contributed by atoms with Crippen molar-refractivity contribution < 1.29 is 13.2 Å². The van der Waals surface area contributed by atoms with E-state index in [4.69, 9.17) is 11.6 Å². The summed E-state index contributed by atoms with van der Waals surface area (Å²) in [6.45, 7) is 3.06. The van der Waals surface area contributed by atoms with E-state index in [1.807, 2.05) is 12.1 Å². The number of hydrogen-bond donors (Lipinski definition) is 1. The summed E-state index contributed by atoms with van der Waals surface area (Å²) >= 11 is 7.70. The van der Waals surface area contributed by atoms with Crippen LogP contribution >= 0.6 is 35.3 Å². The fourth-order valence-electron chi connectivity index (χ4n) is 4.33. The molecule has 0 spiro atoms. The van der Waals surface area contributed by atoms with Gasteiger partial charge in [-0.25, -0.2) is 13.2 Å². The molecule has 2 aromatic carbocycles. The van der Waals surface area contributed by atoms with E-state index in [0.29, 0.717) is 18.1 Å². The third kappa shape index (κ3) is 4.78.